The molecule has 2 amide bonds. The van der Waals surface area contributed by atoms with E-state index in [1.807, 2.05) is 6.92 Å². The third kappa shape index (κ3) is 2.84. The molecule has 4 nitrogen and oxygen atoms in total. The highest BCUT2D eigenvalue weighted by Crippen LogP contribution is 2.27. The van der Waals surface area contributed by atoms with E-state index in [1.165, 1.54) is 12.8 Å². The molecule has 1 aliphatic carbocycles. The first-order chi connectivity index (χ1) is 7.16. The van der Waals surface area contributed by atoms with E-state index in [-0.39, 0.29) is 12.1 Å². The largest absolute Gasteiger partial charge is 0.391 e. The molecule has 2 aliphatic rings. The van der Waals surface area contributed by atoms with Crippen molar-refractivity contribution in [1.82, 2.24) is 10.2 Å². The van der Waals surface area contributed by atoms with Gasteiger partial charge in [-0.05, 0) is 31.1 Å². The normalized spacial score (nSPS) is 31.5. The van der Waals surface area contributed by atoms with Gasteiger partial charge in [-0.15, -0.1) is 0 Å². The minimum absolute atomic E-state index is 0.00662. The fourth-order valence-corrected chi connectivity index (χ4v) is 1.90. The van der Waals surface area contributed by atoms with Crippen molar-refractivity contribution in [2.24, 2.45) is 11.8 Å². The molecule has 2 N–H and O–H groups in total. The number of carbonyl (C=O) groups is 1. The van der Waals surface area contributed by atoms with E-state index in [9.17, 15) is 9.90 Å². The minimum atomic E-state index is -0.356. The van der Waals surface area contributed by atoms with E-state index in [2.05, 4.69) is 5.32 Å². The van der Waals surface area contributed by atoms with Crippen LogP contribution >= 0.6 is 0 Å². The molecular weight excluding hydrogens is 192 g/mol. The number of nitrogens with zero attached hydrogens (tertiary/aromatic N) is 1. The van der Waals surface area contributed by atoms with Gasteiger partial charge in [0.15, 0.2) is 0 Å². The average molecular weight is 212 g/mol. The molecule has 2 atom stereocenters. The number of piperidine rings is 1. The zero-order valence-electron chi connectivity index (χ0n) is 9.28. The number of hydrogen-bond acceptors (Lipinski definition) is 2. The zero-order chi connectivity index (χ0) is 10.8. The van der Waals surface area contributed by atoms with Crippen LogP contribution in [0.1, 0.15) is 26.2 Å². The Morgan fingerprint density at radius 3 is 2.80 bits per heavy atom. The monoisotopic (exact) mass is 212 g/mol. The molecule has 0 aromatic rings. The number of aliphatic hydroxyl groups is 1. The Bertz CT molecular complexity index is 241. The van der Waals surface area contributed by atoms with Crippen LogP contribution in [0.4, 0.5) is 4.79 Å². The number of likely N-dealkylation sites (tertiary alicyclic amines) is 1. The third-order valence-corrected chi connectivity index (χ3v) is 3.44. The van der Waals surface area contributed by atoms with Crippen LogP contribution in [0.2, 0.25) is 0 Å². The van der Waals surface area contributed by atoms with Crippen LogP contribution in [0, 0.1) is 11.8 Å². The van der Waals surface area contributed by atoms with Gasteiger partial charge in [0.25, 0.3) is 0 Å². The highest BCUT2D eigenvalue weighted by molar-refractivity contribution is 5.74. The molecule has 2 rings (SSSR count). The van der Waals surface area contributed by atoms with Crippen LogP contribution in [0.25, 0.3) is 0 Å². The molecule has 0 aromatic heterocycles. The zero-order valence-corrected chi connectivity index (χ0v) is 9.28. The van der Waals surface area contributed by atoms with Gasteiger partial charge < -0.3 is 15.3 Å². The summed E-state index contributed by atoms with van der Waals surface area (Å²) in [5, 5.41) is 12.6. The number of β-amino-alcohol motifs (C(OH)–C–C–N with tert-alkyl or cyclic N) is 1. The van der Waals surface area contributed by atoms with Crippen LogP contribution in [-0.4, -0.2) is 41.8 Å². The number of rotatable bonds is 2. The van der Waals surface area contributed by atoms with Gasteiger partial charge in [0, 0.05) is 19.6 Å². The van der Waals surface area contributed by atoms with Crippen molar-refractivity contribution >= 4 is 6.03 Å². The average Bonchev–Trinajstić information content (AvgIpc) is 3.02. The van der Waals surface area contributed by atoms with Crippen LogP contribution in [0.5, 0.6) is 0 Å². The predicted molar refractivity (Wildman–Crippen MR) is 57.5 cm³/mol. The molecule has 1 aliphatic heterocycles. The minimum Gasteiger partial charge on any atom is -0.391 e. The summed E-state index contributed by atoms with van der Waals surface area (Å²) in [6.07, 6.45) is 3.04. The molecule has 0 bridgehead atoms. The van der Waals surface area contributed by atoms with Crippen molar-refractivity contribution < 1.29 is 9.90 Å². The second-order valence-electron chi connectivity index (χ2n) is 4.91. The third-order valence-electron chi connectivity index (χ3n) is 3.44. The quantitative estimate of drug-likeness (QED) is 0.711. The Morgan fingerprint density at radius 2 is 2.20 bits per heavy atom. The topological polar surface area (TPSA) is 52.6 Å². The Kier molecular flexibility index (Phi) is 3.14. The van der Waals surface area contributed by atoms with Gasteiger partial charge >= 0.3 is 6.03 Å². The first-order valence-electron chi connectivity index (χ1n) is 5.87. The molecule has 1 saturated carbocycles. The first-order valence-corrected chi connectivity index (χ1v) is 5.87. The van der Waals surface area contributed by atoms with Gasteiger partial charge in [-0.3, -0.25) is 0 Å². The lowest BCUT2D eigenvalue weighted by atomic mass is 9.96. The van der Waals surface area contributed by atoms with Gasteiger partial charge in [0.1, 0.15) is 0 Å². The number of carbonyl (C=O) groups excluding carboxylic acids is 1. The summed E-state index contributed by atoms with van der Waals surface area (Å²) in [6, 6.07) is -0.00662. The van der Waals surface area contributed by atoms with Gasteiger partial charge in [-0.25, -0.2) is 4.79 Å². The first kappa shape index (κ1) is 10.7. The summed E-state index contributed by atoms with van der Waals surface area (Å²) in [7, 11) is 0. The lowest BCUT2D eigenvalue weighted by Crippen LogP contribution is -2.49. The highest BCUT2D eigenvalue weighted by Gasteiger charge is 2.28. The van der Waals surface area contributed by atoms with Gasteiger partial charge in [0.05, 0.1) is 6.10 Å². The van der Waals surface area contributed by atoms with Crippen LogP contribution < -0.4 is 5.32 Å². The highest BCUT2D eigenvalue weighted by atomic mass is 16.3. The fourth-order valence-electron chi connectivity index (χ4n) is 1.90. The van der Waals surface area contributed by atoms with Crippen molar-refractivity contribution in [3.05, 3.63) is 0 Å². The molecule has 86 valence electrons. The standard InChI is InChI=1S/C11H20N2O2/c1-8-4-5-13(7-10(8)14)11(15)12-6-9-2-3-9/h8-10,14H,2-7H2,1H3,(H,12,15). The van der Waals surface area contributed by atoms with Crippen molar-refractivity contribution in [1.29, 1.82) is 0 Å². The smallest absolute Gasteiger partial charge is 0.317 e. The fraction of sp³-hybridized carbons (Fsp3) is 0.909. The maximum Gasteiger partial charge on any atom is 0.317 e. The lowest BCUT2D eigenvalue weighted by Gasteiger charge is -2.34. The number of nitrogens with one attached hydrogen (secondary N) is 1. The molecule has 0 aromatic carbocycles. The SMILES string of the molecule is CC1CCN(C(=O)NCC2CC2)CC1O. The second-order valence-corrected chi connectivity index (χ2v) is 4.91. The second kappa shape index (κ2) is 4.39. The van der Waals surface area contributed by atoms with E-state index in [1.54, 1.807) is 4.90 Å². The lowest BCUT2D eigenvalue weighted by molar-refractivity contribution is 0.0435. The van der Waals surface area contributed by atoms with E-state index >= 15 is 0 Å². The molecule has 2 unspecified atom stereocenters. The number of aliphatic hydroxyl groups excluding tert-OH is 1. The summed E-state index contributed by atoms with van der Waals surface area (Å²) in [4.78, 5) is 13.4. The summed E-state index contributed by atoms with van der Waals surface area (Å²) < 4.78 is 0. The Morgan fingerprint density at radius 1 is 1.47 bits per heavy atom. The van der Waals surface area contributed by atoms with Crippen molar-refractivity contribution in [3.63, 3.8) is 0 Å². The van der Waals surface area contributed by atoms with Gasteiger partial charge in [0.2, 0.25) is 0 Å². The van der Waals surface area contributed by atoms with Crippen LogP contribution in [-0.2, 0) is 0 Å². The molecule has 0 spiro atoms. The maximum atomic E-state index is 11.7. The number of urea groups is 1. The Hall–Kier alpha value is -0.770. The van der Waals surface area contributed by atoms with Gasteiger partial charge in [-0.2, -0.15) is 0 Å². The molecular formula is C11H20N2O2. The van der Waals surface area contributed by atoms with E-state index in [4.69, 9.17) is 0 Å². The van der Waals surface area contributed by atoms with Crippen molar-refractivity contribution in [2.75, 3.05) is 19.6 Å². The summed E-state index contributed by atoms with van der Waals surface area (Å²) >= 11 is 0. The van der Waals surface area contributed by atoms with Crippen LogP contribution in [0.15, 0.2) is 0 Å². The summed E-state index contributed by atoms with van der Waals surface area (Å²) in [5.41, 5.74) is 0. The van der Waals surface area contributed by atoms with Crippen molar-refractivity contribution in [3.8, 4) is 0 Å². The molecule has 4 heteroatoms. The Labute approximate surface area is 90.6 Å². The molecule has 15 heavy (non-hydrogen) atoms. The molecule has 0 radical (unpaired) electrons. The van der Waals surface area contributed by atoms with E-state index in [0.717, 1.165) is 19.5 Å². The maximum absolute atomic E-state index is 11.7. The number of amides is 2. The summed E-state index contributed by atoms with van der Waals surface area (Å²) in [6.45, 7) is 4.09. The van der Waals surface area contributed by atoms with Crippen LogP contribution in [0.3, 0.4) is 0 Å². The predicted octanol–water partition coefficient (Wildman–Crippen LogP) is 0.809. The number of hydrogen-bond donors (Lipinski definition) is 2. The molecule has 1 saturated heterocycles. The molecule has 1 heterocycles. The Balaban J connectivity index is 1.74. The molecule has 2 fully saturated rings. The summed E-state index contributed by atoms with van der Waals surface area (Å²) in [5.74, 6) is 1.03. The van der Waals surface area contributed by atoms with E-state index < -0.39 is 0 Å². The van der Waals surface area contributed by atoms with Gasteiger partial charge in [-0.1, -0.05) is 6.92 Å². The van der Waals surface area contributed by atoms with E-state index in [0.29, 0.717) is 18.4 Å². The van der Waals surface area contributed by atoms with Crippen molar-refractivity contribution in [2.45, 2.75) is 32.3 Å².